The third-order valence-electron chi connectivity index (χ3n) is 3.19. The molecule has 0 fully saturated rings. The lowest BCUT2D eigenvalue weighted by Crippen LogP contribution is -2.32. The van der Waals surface area contributed by atoms with Crippen LogP contribution in [0.5, 0.6) is 0 Å². The van der Waals surface area contributed by atoms with E-state index in [9.17, 15) is 9.59 Å². The number of halogens is 1. The largest absolute Gasteiger partial charge is 0.478 e. The zero-order valence-corrected chi connectivity index (χ0v) is 12.6. The van der Waals surface area contributed by atoms with Crippen LogP contribution in [0.15, 0.2) is 35.4 Å². The minimum Gasteiger partial charge on any atom is -0.478 e. The van der Waals surface area contributed by atoms with Crippen LogP contribution in [0.2, 0.25) is 5.02 Å². The number of carboxylic acids is 1. The second-order valence-corrected chi connectivity index (χ2v) is 4.87. The number of aliphatic carboxylic acids is 1. The lowest BCUT2D eigenvalue weighted by atomic mass is 10.1. The summed E-state index contributed by atoms with van der Waals surface area (Å²) < 4.78 is 0. The molecular weight excluding hydrogens is 278 g/mol. The van der Waals surface area contributed by atoms with E-state index >= 15 is 0 Å². The number of carbonyl (C=O) groups excluding carboxylic acids is 1. The van der Waals surface area contributed by atoms with Crippen LogP contribution < -0.4 is 0 Å². The number of hydrogen-bond donors (Lipinski definition) is 1. The van der Waals surface area contributed by atoms with Gasteiger partial charge in [0.1, 0.15) is 0 Å². The topological polar surface area (TPSA) is 57.6 Å². The summed E-state index contributed by atoms with van der Waals surface area (Å²) in [5, 5.41) is 9.53. The molecule has 0 spiro atoms. The lowest BCUT2D eigenvalue weighted by molar-refractivity contribution is -0.134. The van der Waals surface area contributed by atoms with Gasteiger partial charge in [0.05, 0.1) is 0 Å². The maximum atomic E-state index is 12.3. The van der Waals surface area contributed by atoms with Crippen molar-refractivity contribution < 1.29 is 14.7 Å². The Morgan fingerprint density at radius 2 is 1.80 bits per heavy atom. The van der Waals surface area contributed by atoms with E-state index in [2.05, 4.69) is 0 Å². The minimum atomic E-state index is -1.08. The molecule has 4 nitrogen and oxygen atoms in total. The molecule has 108 valence electrons. The molecule has 5 heteroatoms. The molecule has 1 N–H and O–H groups in total. The number of nitrogens with zero attached hydrogens (tertiary/aromatic N) is 1. The minimum absolute atomic E-state index is 0.0626. The van der Waals surface area contributed by atoms with Gasteiger partial charge in [-0.3, -0.25) is 4.79 Å². The Labute approximate surface area is 123 Å². The van der Waals surface area contributed by atoms with Gasteiger partial charge in [0.2, 0.25) is 5.91 Å². The molecule has 0 heterocycles. The molecule has 0 atom stereocenters. The Hall–Kier alpha value is -1.81. The molecule has 0 saturated carbocycles. The Morgan fingerprint density at radius 3 is 2.30 bits per heavy atom. The summed E-state index contributed by atoms with van der Waals surface area (Å²) in [4.78, 5) is 24.8. The predicted molar refractivity (Wildman–Crippen MR) is 78.6 cm³/mol. The van der Waals surface area contributed by atoms with Crippen LogP contribution in [0.1, 0.15) is 26.3 Å². The molecule has 1 aromatic carbocycles. The Morgan fingerprint density at radius 1 is 1.20 bits per heavy atom. The number of benzene rings is 1. The standard InChI is InChI=1S/C15H18ClNO3/c1-4-17(9-12-7-5-6-8-13(12)16)14(18)10(2)11(3)15(19)20/h5-8H,4,9H2,1-3H3,(H,19,20). The number of likely N-dealkylation sites (N-methyl/N-ethyl adjacent to an activating group) is 1. The molecular formula is C15H18ClNO3. The average molecular weight is 296 g/mol. The molecule has 0 unspecified atom stereocenters. The van der Waals surface area contributed by atoms with Crippen molar-refractivity contribution in [3.8, 4) is 0 Å². The fourth-order valence-corrected chi connectivity index (χ4v) is 1.91. The smallest absolute Gasteiger partial charge is 0.331 e. The van der Waals surface area contributed by atoms with Crippen LogP contribution in [0.4, 0.5) is 0 Å². The van der Waals surface area contributed by atoms with E-state index in [1.54, 1.807) is 11.0 Å². The summed E-state index contributed by atoms with van der Waals surface area (Å²) in [5.41, 5.74) is 1.14. The zero-order valence-electron chi connectivity index (χ0n) is 11.8. The summed E-state index contributed by atoms with van der Waals surface area (Å²) in [7, 11) is 0. The molecule has 1 aromatic rings. The Balaban J connectivity index is 2.98. The molecule has 0 aliphatic rings. The van der Waals surface area contributed by atoms with Gasteiger partial charge in [-0.25, -0.2) is 4.79 Å². The van der Waals surface area contributed by atoms with E-state index < -0.39 is 5.97 Å². The van der Waals surface area contributed by atoms with E-state index in [0.717, 1.165) is 5.56 Å². The summed E-state index contributed by atoms with van der Waals surface area (Å²) in [6.07, 6.45) is 0. The van der Waals surface area contributed by atoms with E-state index in [-0.39, 0.29) is 17.1 Å². The highest BCUT2D eigenvalue weighted by Crippen LogP contribution is 2.18. The highest BCUT2D eigenvalue weighted by molar-refractivity contribution is 6.31. The van der Waals surface area contributed by atoms with Crippen LogP contribution in [0, 0.1) is 0 Å². The SMILES string of the molecule is CCN(Cc1ccccc1Cl)C(=O)C(C)=C(C)C(=O)O. The molecule has 0 radical (unpaired) electrons. The van der Waals surface area contributed by atoms with Crippen molar-refractivity contribution in [2.24, 2.45) is 0 Å². The van der Waals surface area contributed by atoms with E-state index in [0.29, 0.717) is 18.1 Å². The molecule has 0 aromatic heterocycles. The molecule has 0 bridgehead atoms. The quantitative estimate of drug-likeness (QED) is 0.849. The number of amides is 1. The van der Waals surface area contributed by atoms with Crippen LogP contribution in [-0.2, 0) is 16.1 Å². The van der Waals surface area contributed by atoms with Crippen LogP contribution in [0.25, 0.3) is 0 Å². The van der Waals surface area contributed by atoms with Gasteiger partial charge >= 0.3 is 5.97 Å². The summed E-state index contributed by atoms with van der Waals surface area (Å²) >= 11 is 6.08. The number of carboxylic acid groups (broad SMARTS) is 1. The molecule has 1 amide bonds. The average Bonchev–Trinajstić information content (AvgIpc) is 2.44. The fraction of sp³-hybridized carbons (Fsp3) is 0.333. The van der Waals surface area contributed by atoms with Gasteiger partial charge in [-0.1, -0.05) is 29.8 Å². The van der Waals surface area contributed by atoms with Crippen molar-refractivity contribution in [3.63, 3.8) is 0 Å². The van der Waals surface area contributed by atoms with E-state index in [1.807, 2.05) is 25.1 Å². The molecule has 0 saturated heterocycles. The van der Waals surface area contributed by atoms with Gasteiger partial charge in [-0.05, 0) is 32.4 Å². The highest BCUT2D eigenvalue weighted by atomic mass is 35.5. The zero-order chi connectivity index (χ0) is 15.3. The first-order chi connectivity index (χ1) is 9.38. The predicted octanol–water partition coefficient (Wildman–Crippen LogP) is 3.11. The first-order valence-corrected chi connectivity index (χ1v) is 6.69. The van der Waals surface area contributed by atoms with Gasteiger partial charge in [0.25, 0.3) is 0 Å². The second-order valence-electron chi connectivity index (χ2n) is 4.47. The summed E-state index contributed by atoms with van der Waals surface area (Å²) in [6.45, 7) is 5.64. The first kappa shape index (κ1) is 16.2. The van der Waals surface area contributed by atoms with E-state index in [4.69, 9.17) is 16.7 Å². The second kappa shape index (κ2) is 7.10. The maximum Gasteiger partial charge on any atom is 0.331 e. The Bertz CT molecular complexity index is 552. The van der Waals surface area contributed by atoms with E-state index in [1.165, 1.54) is 13.8 Å². The van der Waals surface area contributed by atoms with Crippen molar-refractivity contribution in [1.29, 1.82) is 0 Å². The van der Waals surface area contributed by atoms with Gasteiger partial charge in [-0.15, -0.1) is 0 Å². The van der Waals surface area contributed by atoms with Gasteiger partial charge in [0, 0.05) is 29.3 Å². The summed E-state index contributed by atoms with van der Waals surface area (Å²) in [5.74, 6) is -1.36. The molecule has 20 heavy (non-hydrogen) atoms. The highest BCUT2D eigenvalue weighted by Gasteiger charge is 2.19. The van der Waals surface area contributed by atoms with Crippen molar-refractivity contribution in [3.05, 3.63) is 46.0 Å². The lowest BCUT2D eigenvalue weighted by Gasteiger charge is -2.22. The monoisotopic (exact) mass is 295 g/mol. The number of hydrogen-bond acceptors (Lipinski definition) is 2. The molecule has 0 aliphatic heterocycles. The van der Waals surface area contributed by atoms with Gasteiger partial charge in [-0.2, -0.15) is 0 Å². The molecule has 0 aliphatic carbocycles. The van der Waals surface area contributed by atoms with Crippen molar-refractivity contribution in [2.45, 2.75) is 27.3 Å². The van der Waals surface area contributed by atoms with Gasteiger partial charge in [0.15, 0.2) is 0 Å². The van der Waals surface area contributed by atoms with Gasteiger partial charge < -0.3 is 10.0 Å². The summed E-state index contributed by atoms with van der Waals surface area (Å²) in [6, 6.07) is 7.29. The van der Waals surface area contributed by atoms with Crippen molar-refractivity contribution >= 4 is 23.5 Å². The third kappa shape index (κ3) is 3.84. The first-order valence-electron chi connectivity index (χ1n) is 6.31. The van der Waals surface area contributed by atoms with Crippen LogP contribution >= 0.6 is 11.6 Å². The fourth-order valence-electron chi connectivity index (χ4n) is 1.72. The van der Waals surface area contributed by atoms with Crippen LogP contribution in [0.3, 0.4) is 0 Å². The van der Waals surface area contributed by atoms with Crippen molar-refractivity contribution in [1.82, 2.24) is 4.90 Å². The maximum absolute atomic E-state index is 12.3. The van der Waals surface area contributed by atoms with Crippen molar-refractivity contribution in [2.75, 3.05) is 6.54 Å². The third-order valence-corrected chi connectivity index (χ3v) is 3.56. The number of rotatable bonds is 5. The number of carbonyl (C=O) groups is 2. The molecule has 1 rings (SSSR count). The van der Waals surface area contributed by atoms with Crippen LogP contribution in [-0.4, -0.2) is 28.4 Å². The normalized spacial score (nSPS) is 11.8. The Kier molecular flexibility index (Phi) is 5.77.